The minimum atomic E-state index is -4.02. The molecule has 0 saturated carbocycles. The zero-order valence-electron chi connectivity index (χ0n) is 22.1. The first-order valence-electron chi connectivity index (χ1n) is 11.9. The zero-order valence-corrected chi connectivity index (χ0v) is 23.7. The van der Waals surface area contributed by atoms with E-state index < -0.39 is 28.7 Å². The smallest absolute Gasteiger partial charge is 0.304 e. The molecule has 0 fully saturated rings. The van der Waals surface area contributed by atoms with Gasteiger partial charge in [-0.1, -0.05) is 48.9 Å². The van der Waals surface area contributed by atoms with Crippen LogP contribution < -0.4 is 9.62 Å². The summed E-state index contributed by atoms with van der Waals surface area (Å²) in [6.45, 7) is 8.70. The van der Waals surface area contributed by atoms with Gasteiger partial charge in [-0.15, -0.1) is 0 Å². The Kier molecular flexibility index (Phi) is 10.3. The molecule has 2 aromatic carbocycles. The maximum absolute atomic E-state index is 13.8. The lowest BCUT2D eigenvalue weighted by Gasteiger charge is -2.34. The molecule has 0 aliphatic rings. The van der Waals surface area contributed by atoms with Crippen molar-refractivity contribution >= 4 is 39.3 Å². The van der Waals surface area contributed by atoms with Crippen LogP contribution in [0.1, 0.15) is 43.9 Å². The molecule has 0 aromatic heterocycles. The van der Waals surface area contributed by atoms with E-state index in [1.165, 1.54) is 19.0 Å². The number of anilines is 1. The molecule has 2 aromatic rings. The Labute approximate surface area is 220 Å². The van der Waals surface area contributed by atoms with Gasteiger partial charge in [0.15, 0.2) is 0 Å². The number of rotatable bonds is 11. The van der Waals surface area contributed by atoms with Crippen LogP contribution in [-0.4, -0.2) is 62.2 Å². The average molecular weight is 537 g/mol. The van der Waals surface area contributed by atoms with E-state index in [9.17, 15) is 18.0 Å². The maximum Gasteiger partial charge on any atom is 0.304 e. The number of nitrogens with zero attached hydrogens (tertiary/aromatic N) is 3. The van der Waals surface area contributed by atoms with Crippen molar-refractivity contribution in [1.29, 1.82) is 0 Å². The fourth-order valence-electron chi connectivity index (χ4n) is 3.55. The summed E-state index contributed by atoms with van der Waals surface area (Å²) >= 11 is 6.37. The minimum absolute atomic E-state index is 0.0518. The van der Waals surface area contributed by atoms with Crippen molar-refractivity contribution in [2.75, 3.05) is 24.9 Å². The van der Waals surface area contributed by atoms with Gasteiger partial charge < -0.3 is 10.2 Å². The van der Waals surface area contributed by atoms with Gasteiger partial charge in [-0.05, 0) is 62.9 Å². The van der Waals surface area contributed by atoms with Crippen LogP contribution in [0.2, 0.25) is 5.02 Å². The largest absolute Gasteiger partial charge is 0.352 e. The maximum atomic E-state index is 13.8. The van der Waals surface area contributed by atoms with Gasteiger partial charge in [-0.25, -0.2) is 4.31 Å². The van der Waals surface area contributed by atoms with Gasteiger partial charge in [0.2, 0.25) is 11.8 Å². The average Bonchev–Trinajstić information content (AvgIpc) is 2.82. The van der Waals surface area contributed by atoms with Gasteiger partial charge in [0.1, 0.15) is 12.6 Å². The van der Waals surface area contributed by atoms with Gasteiger partial charge in [-0.3, -0.25) is 9.59 Å². The predicted octanol–water partition coefficient (Wildman–Crippen LogP) is 3.90. The molecule has 0 aliphatic heterocycles. The molecule has 0 spiro atoms. The van der Waals surface area contributed by atoms with Crippen LogP contribution in [0.15, 0.2) is 42.5 Å². The molecule has 0 heterocycles. The lowest BCUT2D eigenvalue weighted by atomic mass is 10.1. The summed E-state index contributed by atoms with van der Waals surface area (Å²) in [5.74, 6) is -0.841. The topological polar surface area (TPSA) is 90.0 Å². The molecular weight excluding hydrogens is 500 g/mol. The first-order valence-corrected chi connectivity index (χ1v) is 13.7. The lowest BCUT2D eigenvalue weighted by molar-refractivity contribution is -0.139. The van der Waals surface area contributed by atoms with E-state index in [0.717, 1.165) is 20.6 Å². The molecule has 2 amide bonds. The molecule has 0 bridgehead atoms. The number of carbonyl (C=O) groups is 2. The minimum Gasteiger partial charge on any atom is -0.352 e. The number of aryl methyl sites for hydroxylation is 2. The number of hydrogen-bond acceptors (Lipinski definition) is 4. The van der Waals surface area contributed by atoms with Crippen LogP contribution in [0.25, 0.3) is 0 Å². The van der Waals surface area contributed by atoms with Gasteiger partial charge >= 0.3 is 10.2 Å². The van der Waals surface area contributed by atoms with E-state index >= 15 is 0 Å². The Morgan fingerprint density at radius 2 is 1.69 bits per heavy atom. The molecule has 0 unspecified atom stereocenters. The van der Waals surface area contributed by atoms with E-state index in [0.29, 0.717) is 21.8 Å². The Morgan fingerprint density at radius 3 is 2.28 bits per heavy atom. The summed E-state index contributed by atoms with van der Waals surface area (Å²) in [7, 11) is -1.18. The molecule has 0 radical (unpaired) electrons. The van der Waals surface area contributed by atoms with E-state index in [-0.39, 0.29) is 18.5 Å². The van der Waals surface area contributed by atoms with Crippen molar-refractivity contribution in [2.45, 2.75) is 59.7 Å². The molecule has 2 rings (SSSR count). The van der Waals surface area contributed by atoms with Crippen LogP contribution in [0.5, 0.6) is 0 Å². The molecule has 8 nitrogen and oxygen atoms in total. The number of benzene rings is 2. The van der Waals surface area contributed by atoms with E-state index in [1.807, 2.05) is 32.9 Å². The lowest BCUT2D eigenvalue weighted by Crippen LogP contribution is -2.53. The normalized spacial score (nSPS) is 13.2. The highest BCUT2D eigenvalue weighted by Gasteiger charge is 2.33. The molecule has 198 valence electrons. The monoisotopic (exact) mass is 536 g/mol. The molecule has 0 saturated heterocycles. The van der Waals surface area contributed by atoms with Crippen molar-refractivity contribution in [3.8, 4) is 0 Å². The van der Waals surface area contributed by atoms with Crippen LogP contribution in [-0.2, 0) is 26.3 Å². The fraction of sp³-hybridized carbons (Fsp3) is 0.462. The first-order chi connectivity index (χ1) is 16.8. The summed E-state index contributed by atoms with van der Waals surface area (Å²) in [5.41, 5.74) is 2.63. The third kappa shape index (κ3) is 7.21. The number of amides is 2. The molecule has 10 heteroatoms. The quantitative estimate of drug-likeness (QED) is 0.471. The summed E-state index contributed by atoms with van der Waals surface area (Å²) in [5, 5.41) is 3.36. The molecule has 0 aliphatic carbocycles. The van der Waals surface area contributed by atoms with E-state index in [1.54, 1.807) is 44.2 Å². The zero-order chi connectivity index (χ0) is 27.2. The van der Waals surface area contributed by atoms with Crippen molar-refractivity contribution in [2.24, 2.45) is 0 Å². The number of nitrogens with one attached hydrogen (secondary N) is 1. The Hall–Kier alpha value is -2.62. The standard InChI is InChI=1S/C26H37ClN4O4S/c1-8-20(4)28-26(33)21(5)30(16-22-11-9-10-12-23(22)27)25(32)17-31(36(34,35)29(6)7)24-15-18(2)13-14-19(24)3/h9-15,20-21H,8,16-17H2,1-7H3,(H,28,33)/t20-,21-/m1/s1. The van der Waals surface area contributed by atoms with Crippen LogP contribution in [0, 0.1) is 13.8 Å². The first kappa shape index (κ1) is 29.6. The van der Waals surface area contributed by atoms with Crippen LogP contribution in [0.3, 0.4) is 0 Å². The predicted molar refractivity (Wildman–Crippen MR) is 145 cm³/mol. The second-order valence-electron chi connectivity index (χ2n) is 9.19. The van der Waals surface area contributed by atoms with Gasteiger partial charge in [0, 0.05) is 31.7 Å². The third-order valence-corrected chi connectivity index (χ3v) is 8.29. The Balaban J connectivity index is 2.52. The summed E-state index contributed by atoms with van der Waals surface area (Å²) in [4.78, 5) is 28.2. The van der Waals surface area contributed by atoms with Crippen molar-refractivity contribution < 1.29 is 18.0 Å². The molecular formula is C26H37ClN4O4S. The summed E-state index contributed by atoms with van der Waals surface area (Å²) in [6, 6.07) is 11.6. The third-order valence-electron chi connectivity index (χ3n) is 6.12. The summed E-state index contributed by atoms with van der Waals surface area (Å²) < 4.78 is 28.8. The van der Waals surface area contributed by atoms with E-state index in [4.69, 9.17) is 11.6 Å². The molecule has 36 heavy (non-hydrogen) atoms. The SMILES string of the molecule is CC[C@@H](C)NC(=O)[C@@H](C)N(Cc1ccccc1Cl)C(=O)CN(c1cc(C)ccc1C)S(=O)(=O)N(C)C. The number of hydrogen-bond donors (Lipinski definition) is 1. The summed E-state index contributed by atoms with van der Waals surface area (Å²) in [6.07, 6.45) is 0.735. The number of carbonyl (C=O) groups excluding carboxylic acids is 2. The highest BCUT2D eigenvalue weighted by atomic mass is 35.5. The Bertz CT molecular complexity index is 1190. The molecule has 2 atom stereocenters. The van der Waals surface area contributed by atoms with Gasteiger partial charge in [-0.2, -0.15) is 12.7 Å². The van der Waals surface area contributed by atoms with E-state index in [2.05, 4.69) is 5.32 Å². The van der Waals surface area contributed by atoms with Crippen LogP contribution >= 0.6 is 11.6 Å². The number of halogens is 1. The molecule has 1 N–H and O–H groups in total. The highest BCUT2D eigenvalue weighted by Crippen LogP contribution is 2.26. The van der Waals surface area contributed by atoms with Crippen molar-refractivity contribution in [3.63, 3.8) is 0 Å². The second-order valence-corrected chi connectivity index (χ2v) is 11.7. The fourth-order valence-corrected chi connectivity index (χ4v) is 4.86. The Morgan fingerprint density at radius 1 is 1.06 bits per heavy atom. The highest BCUT2D eigenvalue weighted by molar-refractivity contribution is 7.90. The van der Waals surface area contributed by atoms with Crippen LogP contribution in [0.4, 0.5) is 5.69 Å². The van der Waals surface area contributed by atoms with Gasteiger partial charge in [0.25, 0.3) is 0 Å². The van der Waals surface area contributed by atoms with Crippen molar-refractivity contribution in [3.05, 3.63) is 64.2 Å². The van der Waals surface area contributed by atoms with Crippen molar-refractivity contribution in [1.82, 2.24) is 14.5 Å². The van der Waals surface area contributed by atoms with Gasteiger partial charge in [0.05, 0.1) is 5.69 Å². The second kappa shape index (κ2) is 12.6.